The largest absolute Gasteiger partial charge is 0.0885 e. The molecule has 2 saturated carbocycles. The lowest BCUT2D eigenvalue weighted by molar-refractivity contribution is 0.0817. The summed E-state index contributed by atoms with van der Waals surface area (Å²) in [5, 5.41) is 0. The second kappa shape index (κ2) is 6.95. The summed E-state index contributed by atoms with van der Waals surface area (Å²) in [5.74, 6) is 4.31. The summed E-state index contributed by atoms with van der Waals surface area (Å²) in [7, 11) is 0. The van der Waals surface area contributed by atoms with Crippen LogP contribution in [0.2, 0.25) is 0 Å². The molecule has 1 unspecified atom stereocenters. The number of rotatable bonds is 3. The Kier molecular flexibility index (Phi) is 5.02. The average Bonchev–Trinajstić information content (AvgIpc) is 2.51. The van der Waals surface area contributed by atoms with Gasteiger partial charge < -0.3 is 0 Å². The van der Waals surface area contributed by atoms with E-state index in [1.807, 2.05) is 0 Å². The second-order valence-electron chi connectivity index (χ2n) is 7.42. The highest BCUT2D eigenvalue weighted by atomic mass is 14.4. The van der Waals surface area contributed by atoms with E-state index in [1.165, 1.54) is 57.8 Å². The Morgan fingerprint density at radius 1 is 0.579 bits per heavy atom. The van der Waals surface area contributed by atoms with Crippen molar-refractivity contribution in [2.75, 3.05) is 0 Å². The van der Waals surface area contributed by atoms with Gasteiger partial charge in [-0.2, -0.15) is 0 Å². The summed E-state index contributed by atoms with van der Waals surface area (Å²) in [4.78, 5) is 0. The molecule has 0 bridgehead atoms. The van der Waals surface area contributed by atoms with Crippen LogP contribution in [0.3, 0.4) is 0 Å². The fourth-order valence-corrected chi connectivity index (χ4v) is 5.36. The minimum Gasteiger partial charge on any atom is -0.0885 e. The van der Waals surface area contributed by atoms with Crippen LogP contribution in [0.1, 0.15) is 83.5 Å². The topological polar surface area (TPSA) is 0 Å². The molecule has 108 valence electrons. The van der Waals surface area contributed by atoms with Crippen molar-refractivity contribution >= 4 is 0 Å². The standard InChI is InChI=1S/C19H32/c1-4-10-16(11-5-1)19(17-12-6-2-7-13-17)18-14-8-3-9-15-18/h1,4,16-19H,2-3,5-15H2. The molecule has 3 aliphatic carbocycles. The van der Waals surface area contributed by atoms with Crippen LogP contribution in [0.15, 0.2) is 12.2 Å². The van der Waals surface area contributed by atoms with Gasteiger partial charge >= 0.3 is 0 Å². The molecule has 0 aliphatic heterocycles. The van der Waals surface area contributed by atoms with E-state index in [4.69, 9.17) is 0 Å². The summed E-state index contributed by atoms with van der Waals surface area (Å²) in [6.07, 6.45) is 24.5. The molecule has 0 aromatic carbocycles. The predicted molar refractivity (Wildman–Crippen MR) is 83.1 cm³/mol. The van der Waals surface area contributed by atoms with Crippen LogP contribution >= 0.6 is 0 Å². The minimum absolute atomic E-state index is 1.04. The first-order chi connectivity index (χ1) is 9.45. The Morgan fingerprint density at radius 2 is 1.16 bits per heavy atom. The smallest absolute Gasteiger partial charge is 0.0319 e. The third kappa shape index (κ3) is 3.44. The first-order valence-corrected chi connectivity index (χ1v) is 9.10. The summed E-state index contributed by atoms with van der Waals surface area (Å²) in [6, 6.07) is 0. The highest BCUT2D eigenvalue weighted by Gasteiger charge is 2.36. The molecule has 0 aromatic rings. The van der Waals surface area contributed by atoms with E-state index in [2.05, 4.69) is 12.2 Å². The molecular weight excluding hydrogens is 228 g/mol. The van der Waals surface area contributed by atoms with E-state index >= 15 is 0 Å². The van der Waals surface area contributed by atoms with Crippen molar-refractivity contribution in [1.82, 2.24) is 0 Å². The molecule has 3 aliphatic rings. The van der Waals surface area contributed by atoms with Crippen molar-refractivity contribution in [3.05, 3.63) is 12.2 Å². The van der Waals surface area contributed by atoms with Gasteiger partial charge in [-0.3, -0.25) is 0 Å². The van der Waals surface area contributed by atoms with Gasteiger partial charge in [-0.25, -0.2) is 0 Å². The zero-order valence-electron chi connectivity index (χ0n) is 12.7. The van der Waals surface area contributed by atoms with Crippen molar-refractivity contribution in [3.63, 3.8) is 0 Å². The van der Waals surface area contributed by atoms with E-state index in [0.29, 0.717) is 0 Å². The molecule has 0 saturated heterocycles. The molecule has 0 aromatic heterocycles. The molecule has 2 fully saturated rings. The fourth-order valence-electron chi connectivity index (χ4n) is 5.36. The maximum Gasteiger partial charge on any atom is -0.0319 e. The van der Waals surface area contributed by atoms with Gasteiger partial charge in [-0.15, -0.1) is 0 Å². The second-order valence-corrected chi connectivity index (χ2v) is 7.42. The molecule has 19 heavy (non-hydrogen) atoms. The van der Waals surface area contributed by atoms with Crippen molar-refractivity contribution in [2.45, 2.75) is 83.5 Å². The SMILES string of the molecule is C1=CCC(C(C2CCCCC2)C2CCCCC2)CC1. The van der Waals surface area contributed by atoms with Crippen LogP contribution in [0.4, 0.5) is 0 Å². The quantitative estimate of drug-likeness (QED) is 0.536. The molecule has 0 spiro atoms. The van der Waals surface area contributed by atoms with Gasteiger partial charge in [0.25, 0.3) is 0 Å². The highest BCUT2D eigenvalue weighted by Crippen LogP contribution is 2.46. The predicted octanol–water partition coefficient (Wildman–Crippen LogP) is 6.12. The van der Waals surface area contributed by atoms with Gasteiger partial charge in [0.05, 0.1) is 0 Å². The molecule has 0 N–H and O–H groups in total. The Bertz CT molecular complexity index is 260. The van der Waals surface area contributed by atoms with Crippen LogP contribution in [0.25, 0.3) is 0 Å². The summed E-state index contributed by atoms with van der Waals surface area (Å²) < 4.78 is 0. The molecular formula is C19H32. The Hall–Kier alpha value is -0.260. The first kappa shape index (κ1) is 13.7. The molecule has 0 amide bonds. The van der Waals surface area contributed by atoms with Gasteiger partial charge in [0.1, 0.15) is 0 Å². The third-order valence-corrected chi connectivity index (χ3v) is 6.24. The van der Waals surface area contributed by atoms with Gasteiger partial charge in [0, 0.05) is 0 Å². The summed E-state index contributed by atoms with van der Waals surface area (Å²) in [6.45, 7) is 0. The fraction of sp³-hybridized carbons (Fsp3) is 0.895. The van der Waals surface area contributed by atoms with Crippen LogP contribution in [-0.2, 0) is 0 Å². The van der Waals surface area contributed by atoms with Crippen LogP contribution in [-0.4, -0.2) is 0 Å². The highest BCUT2D eigenvalue weighted by molar-refractivity contribution is 4.95. The van der Waals surface area contributed by atoms with Crippen molar-refractivity contribution < 1.29 is 0 Å². The van der Waals surface area contributed by atoms with Gasteiger partial charge in [0.2, 0.25) is 0 Å². The Labute approximate surface area is 120 Å². The van der Waals surface area contributed by atoms with Crippen LogP contribution in [0, 0.1) is 23.7 Å². The molecule has 0 nitrogen and oxygen atoms in total. The maximum atomic E-state index is 2.49. The molecule has 0 radical (unpaired) electrons. The first-order valence-electron chi connectivity index (χ1n) is 9.10. The van der Waals surface area contributed by atoms with Crippen LogP contribution < -0.4 is 0 Å². The lowest BCUT2D eigenvalue weighted by atomic mass is 9.62. The number of hydrogen-bond acceptors (Lipinski definition) is 0. The maximum absolute atomic E-state index is 2.49. The molecule has 0 heterocycles. The Morgan fingerprint density at radius 3 is 1.63 bits per heavy atom. The molecule has 0 heteroatoms. The van der Waals surface area contributed by atoms with Crippen molar-refractivity contribution in [1.29, 1.82) is 0 Å². The Balaban J connectivity index is 1.70. The average molecular weight is 260 g/mol. The monoisotopic (exact) mass is 260 g/mol. The zero-order valence-corrected chi connectivity index (χ0v) is 12.7. The minimum atomic E-state index is 1.04. The normalized spacial score (nSPS) is 30.9. The van der Waals surface area contributed by atoms with E-state index in [1.54, 1.807) is 25.7 Å². The van der Waals surface area contributed by atoms with Crippen molar-refractivity contribution in [3.8, 4) is 0 Å². The van der Waals surface area contributed by atoms with Gasteiger partial charge in [-0.05, 0) is 42.9 Å². The van der Waals surface area contributed by atoms with E-state index in [-0.39, 0.29) is 0 Å². The van der Waals surface area contributed by atoms with Crippen molar-refractivity contribution in [2.24, 2.45) is 23.7 Å². The van der Waals surface area contributed by atoms with E-state index in [0.717, 1.165) is 23.7 Å². The lowest BCUT2D eigenvalue weighted by Gasteiger charge is -2.43. The molecule has 1 atom stereocenters. The number of hydrogen-bond donors (Lipinski definition) is 0. The van der Waals surface area contributed by atoms with Crippen LogP contribution in [0.5, 0.6) is 0 Å². The van der Waals surface area contributed by atoms with E-state index in [9.17, 15) is 0 Å². The lowest BCUT2D eigenvalue weighted by Crippen LogP contribution is -2.33. The summed E-state index contributed by atoms with van der Waals surface area (Å²) >= 11 is 0. The zero-order chi connectivity index (χ0) is 12.9. The molecule has 3 rings (SSSR count). The number of allylic oxidation sites excluding steroid dienone is 2. The van der Waals surface area contributed by atoms with Gasteiger partial charge in [-0.1, -0.05) is 76.4 Å². The third-order valence-electron chi connectivity index (χ3n) is 6.24. The van der Waals surface area contributed by atoms with E-state index < -0.39 is 0 Å². The van der Waals surface area contributed by atoms with Gasteiger partial charge in [0.15, 0.2) is 0 Å². The summed E-state index contributed by atoms with van der Waals surface area (Å²) in [5.41, 5.74) is 0.